The molecule has 2 aromatic heterocycles. The van der Waals surface area contributed by atoms with Gasteiger partial charge in [0, 0.05) is 36.7 Å². The van der Waals surface area contributed by atoms with Crippen molar-refractivity contribution in [3.05, 3.63) is 51.9 Å². The lowest BCUT2D eigenvalue weighted by Gasteiger charge is -2.27. The van der Waals surface area contributed by atoms with Gasteiger partial charge in [-0.1, -0.05) is 46.8 Å². The second-order valence-electron chi connectivity index (χ2n) is 7.81. The summed E-state index contributed by atoms with van der Waals surface area (Å²) in [4.78, 5) is 28.8. The molecule has 0 unspecified atom stereocenters. The molecule has 11 heteroatoms. The van der Waals surface area contributed by atoms with E-state index >= 15 is 0 Å². The summed E-state index contributed by atoms with van der Waals surface area (Å²) in [5.74, 6) is -0.789. The zero-order valence-corrected chi connectivity index (χ0v) is 20.7. The highest BCUT2D eigenvalue weighted by atomic mass is 32.2. The smallest absolute Gasteiger partial charge is 0.341 e. The number of nitrogens with one attached hydrogen (secondary N) is 1. The number of carbonyl (C=O) groups excluding carboxylic acids is 2. The van der Waals surface area contributed by atoms with Crippen molar-refractivity contribution in [3.63, 3.8) is 0 Å². The third kappa shape index (κ3) is 5.60. The number of anilines is 1. The number of ether oxygens (including phenoxy) is 1. The number of hydrogen-bond donors (Lipinski definition) is 1. The summed E-state index contributed by atoms with van der Waals surface area (Å²) in [6.45, 7) is 4.39. The van der Waals surface area contributed by atoms with Gasteiger partial charge in [-0.3, -0.25) is 9.69 Å². The number of rotatable bonds is 9. The number of thiophene rings is 1. The first-order valence-electron chi connectivity index (χ1n) is 11.0. The molecule has 1 aromatic carbocycles. The van der Waals surface area contributed by atoms with Crippen LogP contribution >= 0.6 is 23.1 Å². The number of aromatic nitrogens is 2. The van der Waals surface area contributed by atoms with Crippen molar-refractivity contribution in [1.82, 2.24) is 10.2 Å². The summed E-state index contributed by atoms with van der Waals surface area (Å²) in [6.07, 6.45) is 0.884. The lowest BCUT2D eigenvalue weighted by atomic mass is 10.0. The highest BCUT2D eigenvalue weighted by Crippen LogP contribution is 2.38. The molecular weight excluding hydrogens is 476 g/mol. The van der Waals surface area contributed by atoms with Crippen LogP contribution < -0.4 is 15.1 Å². The van der Waals surface area contributed by atoms with Gasteiger partial charge in [-0.15, -0.1) is 11.3 Å². The quantitative estimate of drug-likeness (QED) is 0.270. The summed E-state index contributed by atoms with van der Waals surface area (Å²) in [5.41, 5.74) is 2.67. The van der Waals surface area contributed by atoms with E-state index in [4.69, 9.17) is 4.74 Å². The minimum Gasteiger partial charge on any atom is -0.538 e. The van der Waals surface area contributed by atoms with E-state index in [0.717, 1.165) is 30.0 Å². The van der Waals surface area contributed by atoms with E-state index in [1.54, 1.807) is 14.0 Å². The third-order valence-electron chi connectivity index (χ3n) is 5.40. The molecule has 0 saturated carbocycles. The molecule has 3 aromatic rings. The highest BCUT2D eigenvalue weighted by Gasteiger charge is 2.29. The first kappa shape index (κ1) is 24.2. The summed E-state index contributed by atoms with van der Waals surface area (Å²) in [6, 6.07) is 10.3. The second kappa shape index (κ2) is 11.0. The molecule has 0 saturated heterocycles. The number of carbonyl (C=O) groups is 2. The SMILES string of the molecule is CCOC(=O)c1c(NC(=O)CCSc2c([O-])on[n+]2C)sc2c1CCN(Cc1ccccc1)C2. The normalized spacial score (nSPS) is 13.5. The number of esters is 1. The Kier molecular flexibility index (Phi) is 7.86. The second-order valence-corrected chi connectivity index (χ2v) is 10.00. The molecular formula is C23H26N4O5S2. The van der Waals surface area contributed by atoms with Gasteiger partial charge < -0.3 is 19.7 Å². The summed E-state index contributed by atoms with van der Waals surface area (Å²) >= 11 is 2.64. The summed E-state index contributed by atoms with van der Waals surface area (Å²) in [7, 11) is 1.61. The highest BCUT2D eigenvalue weighted by molar-refractivity contribution is 7.99. The number of benzene rings is 1. The predicted octanol–water partition coefficient (Wildman–Crippen LogP) is 2.49. The van der Waals surface area contributed by atoms with Crippen molar-refractivity contribution in [2.45, 2.75) is 37.9 Å². The Labute approximate surface area is 205 Å². The van der Waals surface area contributed by atoms with Crippen LogP contribution in [-0.2, 0) is 36.1 Å². The van der Waals surface area contributed by atoms with Gasteiger partial charge in [0.25, 0.3) is 5.03 Å². The molecule has 4 rings (SSSR count). The minimum absolute atomic E-state index is 0.167. The van der Waals surface area contributed by atoms with Crippen LogP contribution in [0.25, 0.3) is 0 Å². The number of nitrogens with zero attached hydrogens (tertiary/aromatic N) is 3. The number of hydrogen-bond acceptors (Lipinski definition) is 9. The topological polar surface area (TPSA) is 112 Å². The largest absolute Gasteiger partial charge is 0.538 e. The summed E-state index contributed by atoms with van der Waals surface area (Å²) < 4.78 is 11.2. The van der Waals surface area contributed by atoms with Gasteiger partial charge in [0.1, 0.15) is 5.00 Å². The lowest BCUT2D eigenvalue weighted by molar-refractivity contribution is -0.772. The number of fused-ring (bicyclic) bond motifs is 1. The molecule has 180 valence electrons. The molecule has 0 spiro atoms. The first-order chi connectivity index (χ1) is 16.5. The van der Waals surface area contributed by atoms with Crippen molar-refractivity contribution in [1.29, 1.82) is 0 Å². The van der Waals surface area contributed by atoms with Crippen LogP contribution in [0.1, 0.15) is 39.7 Å². The van der Waals surface area contributed by atoms with Gasteiger partial charge in [0.05, 0.1) is 17.4 Å². The average molecular weight is 503 g/mol. The Morgan fingerprint density at radius 2 is 2.15 bits per heavy atom. The standard InChI is InChI=1S/C23H26N4O5S2/c1-3-31-22(29)19-16-9-11-27(13-15-7-5-4-6-8-15)14-17(16)34-20(19)24-18(28)10-12-33-21-23(30)32-25-26(21)2/h4-8H,3,9-14H2,1-2H3,(H-,24,25,28,29,30). The van der Waals surface area contributed by atoms with Gasteiger partial charge in [0.2, 0.25) is 5.91 Å². The van der Waals surface area contributed by atoms with Crippen LogP contribution in [0, 0.1) is 0 Å². The molecule has 0 fully saturated rings. The molecule has 34 heavy (non-hydrogen) atoms. The Bertz CT molecular complexity index is 1140. The fourth-order valence-corrected chi connectivity index (χ4v) is 5.98. The molecule has 0 bridgehead atoms. The number of amides is 1. The summed E-state index contributed by atoms with van der Waals surface area (Å²) in [5, 5.41) is 18.9. The maximum absolute atomic E-state index is 12.8. The Hall–Kier alpha value is -2.89. The molecule has 1 aliphatic heterocycles. The third-order valence-corrected chi connectivity index (χ3v) is 7.64. The van der Waals surface area contributed by atoms with Crippen molar-refractivity contribution < 1.29 is 28.6 Å². The monoisotopic (exact) mass is 502 g/mol. The first-order valence-corrected chi connectivity index (χ1v) is 12.8. The minimum atomic E-state index is -0.525. The van der Waals surface area contributed by atoms with E-state index in [1.807, 2.05) is 18.2 Å². The fraction of sp³-hybridized carbons (Fsp3) is 0.391. The molecule has 1 amide bonds. The van der Waals surface area contributed by atoms with Crippen molar-refractivity contribution >= 4 is 40.0 Å². The molecule has 0 radical (unpaired) electrons. The van der Waals surface area contributed by atoms with Gasteiger partial charge in [-0.2, -0.15) is 0 Å². The van der Waals surface area contributed by atoms with Gasteiger partial charge in [0.15, 0.2) is 13.0 Å². The van der Waals surface area contributed by atoms with Crippen LogP contribution in [-0.4, -0.2) is 41.0 Å². The van der Waals surface area contributed by atoms with Crippen molar-refractivity contribution in [2.75, 3.05) is 24.2 Å². The van der Waals surface area contributed by atoms with Gasteiger partial charge in [-0.25, -0.2) is 4.79 Å². The fourth-order valence-electron chi connectivity index (χ4n) is 3.83. The number of thioether (sulfide) groups is 1. The number of aryl methyl sites for hydroxylation is 1. The zero-order valence-electron chi connectivity index (χ0n) is 19.0. The predicted molar refractivity (Wildman–Crippen MR) is 126 cm³/mol. The molecule has 1 N–H and O–H groups in total. The van der Waals surface area contributed by atoms with E-state index in [0.29, 0.717) is 27.9 Å². The maximum Gasteiger partial charge on any atom is 0.341 e. The van der Waals surface area contributed by atoms with Crippen LogP contribution in [0.15, 0.2) is 39.9 Å². The van der Waals surface area contributed by atoms with Gasteiger partial charge in [-0.05, 0) is 24.5 Å². The lowest BCUT2D eigenvalue weighted by Crippen LogP contribution is -2.32. The van der Waals surface area contributed by atoms with E-state index < -0.39 is 11.9 Å². The van der Waals surface area contributed by atoms with E-state index in [-0.39, 0.29) is 18.9 Å². The van der Waals surface area contributed by atoms with Crippen LogP contribution in [0.5, 0.6) is 5.95 Å². The molecule has 1 aliphatic rings. The Balaban J connectivity index is 1.45. The van der Waals surface area contributed by atoms with E-state index in [2.05, 4.69) is 32.1 Å². The molecule has 0 aliphatic carbocycles. The van der Waals surface area contributed by atoms with Crippen LogP contribution in [0.4, 0.5) is 5.00 Å². The Morgan fingerprint density at radius 3 is 2.85 bits per heavy atom. The average Bonchev–Trinajstić information content (AvgIpc) is 3.33. The van der Waals surface area contributed by atoms with Gasteiger partial charge >= 0.3 is 5.97 Å². The molecule has 0 atom stereocenters. The molecule has 3 heterocycles. The van der Waals surface area contributed by atoms with Crippen molar-refractivity contribution in [3.8, 4) is 5.95 Å². The Morgan fingerprint density at radius 1 is 1.35 bits per heavy atom. The molecule has 9 nitrogen and oxygen atoms in total. The maximum atomic E-state index is 12.8. The van der Waals surface area contributed by atoms with Crippen LogP contribution in [0.2, 0.25) is 0 Å². The van der Waals surface area contributed by atoms with Crippen LogP contribution in [0.3, 0.4) is 0 Å². The van der Waals surface area contributed by atoms with E-state index in [1.165, 1.54) is 33.3 Å². The van der Waals surface area contributed by atoms with Crippen molar-refractivity contribution in [2.24, 2.45) is 7.05 Å². The zero-order chi connectivity index (χ0) is 24.1. The van der Waals surface area contributed by atoms with E-state index in [9.17, 15) is 14.7 Å².